The molecule has 0 unspecified atom stereocenters. The van der Waals surface area contributed by atoms with E-state index in [4.69, 9.17) is 20.8 Å². The molecule has 3 aromatic rings. The first kappa shape index (κ1) is 14.7. The van der Waals surface area contributed by atoms with Crippen LogP contribution in [0, 0.1) is 13.8 Å². The van der Waals surface area contributed by atoms with Gasteiger partial charge in [0.2, 0.25) is 11.2 Å². The molecule has 0 aliphatic carbocycles. The Morgan fingerprint density at radius 3 is 2.41 bits per heavy atom. The van der Waals surface area contributed by atoms with Crippen LogP contribution >= 0.6 is 11.6 Å². The van der Waals surface area contributed by atoms with E-state index in [0.717, 1.165) is 16.7 Å². The van der Waals surface area contributed by atoms with E-state index in [1.165, 1.54) is 7.11 Å². The predicted molar refractivity (Wildman–Crippen MR) is 89.0 cm³/mol. The Bertz CT molecular complexity index is 908. The standard InChI is InChI=1S/C18H15ClO3/c1-10-4-6-12(7-5-10)17-18(21-3)16(20)13-9-14(19)11(2)8-15(13)22-17/h4-9H,1-3H3. The number of benzene rings is 2. The van der Waals surface area contributed by atoms with Gasteiger partial charge in [-0.25, -0.2) is 0 Å². The van der Waals surface area contributed by atoms with Crippen molar-refractivity contribution in [3.63, 3.8) is 0 Å². The van der Waals surface area contributed by atoms with E-state index >= 15 is 0 Å². The lowest BCUT2D eigenvalue weighted by atomic mass is 10.1. The third kappa shape index (κ3) is 2.38. The van der Waals surface area contributed by atoms with Crippen LogP contribution in [0.2, 0.25) is 5.02 Å². The van der Waals surface area contributed by atoms with E-state index in [2.05, 4.69) is 0 Å². The van der Waals surface area contributed by atoms with Crippen LogP contribution in [0.3, 0.4) is 0 Å². The first-order chi connectivity index (χ1) is 10.5. The van der Waals surface area contributed by atoms with E-state index in [-0.39, 0.29) is 11.2 Å². The molecule has 22 heavy (non-hydrogen) atoms. The Balaban J connectivity index is 2.37. The summed E-state index contributed by atoms with van der Waals surface area (Å²) in [5.41, 5.74) is 3.07. The zero-order valence-corrected chi connectivity index (χ0v) is 13.3. The molecule has 0 saturated heterocycles. The Kier molecular flexibility index (Phi) is 3.67. The lowest BCUT2D eigenvalue weighted by Gasteiger charge is -2.10. The quantitative estimate of drug-likeness (QED) is 0.686. The molecule has 0 amide bonds. The second kappa shape index (κ2) is 5.50. The van der Waals surface area contributed by atoms with Gasteiger partial charge in [0.1, 0.15) is 5.58 Å². The molecule has 1 aromatic heterocycles. The topological polar surface area (TPSA) is 39.4 Å². The molecule has 0 radical (unpaired) electrons. The molecule has 3 nitrogen and oxygen atoms in total. The van der Waals surface area contributed by atoms with Crippen molar-refractivity contribution in [2.75, 3.05) is 7.11 Å². The summed E-state index contributed by atoms with van der Waals surface area (Å²) in [4.78, 5) is 12.6. The molecular formula is C18H15ClO3. The molecule has 0 aliphatic rings. The van der Waals surface area contributed by atoms with E-state index in [1.807, 2.05) is 38.1 Å². The summed E-state index contributed by atoms with van der Waals surface area (Å²) in [7, 11) is 1.46. The highest BCUT2D eigenvalue weighted by molar-refractivity contribution is 6.32. The first-order valence-corrected chi connectivity index (χ1v) is 7.27. The van der Waals surface area contributed by atoms with Crippen molar-refractivity contribution in [2.24, 2.45) is 0 Å². The summed E-state index contributed by atoms with van der Waals surface area (Å²) in [5, 5.41) is 0.952. The Morgan fingerprint density at radius 2 is 1.77 bits per heavy atom. The lowest BCUT2D eigenvalue weighted by molar-refractivity contribution is 0.398. The van der Waals surface area contributed by atoms with Crippen molar-refractivity contribution in [1.29, 1.82) is 0 Å². The zero-order chi connectivity index (χ0) is 15.9. The average Bonchev–Trinajstić information content (AvgIpc) is 2.50. The first-order valence-electron chi connectivity index (χ1n) is 6.89. The van der Waals surface area contributed by atoms with Crippen LogP contribution in [0.15, 0.2) is 45.6 Å². The van der Waals surface area contributed by atoms with E-state index in [0.29, 0.717) is 21.8 Å². The van der Waals surface area contributed by atoms with Crippen LogP contribution in [-0.2, 0) is 0 Å². The second-order valence-electron chi connectivity index (χ2n) is 5.26. The molecule has 3 rings (SSSR count). The van der Waals surface area contributed by atoms with Gasteiger partial charge < -0.3 is 9.15 Å². The molecular weight excluding hydrogens is 300 g/mol. The minimum atomic E-state index is -0.221. The molecule has 0 N–H and O–H groups in total. The summed E-state index contributed by atoms with van der Waals surface area (Å²) >= 11 is 6.11. The molecule has 0 bridgehead atoms. The van der Waals surface area contributed by atoms with Gasteiger partial charge >= 0.3 is 0 Å². The highest BCUT2D eigenvalue weighted by atomic mass is 35.5. The van der Waals surface area contributed by atoms with Crippen LogP contribution in [0.4, 0.5) is 0 Å². The molecule has 112 valence electrons. The van der Waals surface area contributed by atoms with Crippen LogP contribution in [0.25, 0.3) is 22.3 Å². The molecule has 4 heteroatoms. The number of rotatable bonds is 2. The molecule has 1 heterocycles. The Hall–Kier alpha value is -2.26. The van der Waals surface area contributed by atoms with Crippen LogP contribution < -0.4 is 10.2 Å². The van der Waals surface area contributed by atoms with Gasteiger partial charge in [-0.3, -0.25) is 4.79 Å². The maximum Gasteiger partial charge on any atom is 0.235 e. The molecule has 2 aromatic carbocycles. The minimum absolute atomic E-state index is 0.191. The van der Waals surface area contributed by atoms with Gasteiger partial charge in [-0.05, 0) is 31.5 Å². The number of hydrogen-bond donors (Lipinski definition) is 0. The van der Waals surface area contributed by atoms with Crippen molar-refractivity contribution in [3.05, 3.63) is 62.8 Å². The van der Waals surface area contributed by atoms with Crippen LogP contribution in [-0.4, -0.2) is 7.11 Å². The fraction of sp³-hybridized carbons (Fsp3) is 0.167. The maximum atomic E-state index is 12.6. The Morgan fingerprint density at radius 1 is 1.09 bits per heavy atom. The van der Waals surface area contributed by atoms with Gasteiger partial charge in [-0.1, -0.05) is 41.4 Å². The second-order valence-corrected chi connectivity index (χ2v) is 5.66. The number of fused-ring (bicyclic) bond motifs is 1. The summed E-state index contributed by atoms with van der Waals surface area (Å²) in [5.74, 6) is 0.623. The summed E-state index contributed by atoms with van der Waals surface area (Å²) in [6.45, 7) is 3.88. The minimum Gasteiger partial charge on any atom is -0.490 e. The molecule has 0 atom stereocenters. The van der Waals surface area contributed by atoms with Gasteiger partial charge in [0.25, 0.3) is 0 Å². The number of halogens is 1. The lowest BCUT2D eigenvalue weighted by Crippen LogP contribution is -2.07. The highest BCUT2D eigenvalue weighted by Gasteiger charge is 2.17. The van der Waals surface area contributed by atoms with Gasteiger partial charge in [-0.2, -0.15) is 0 Å². The third-order valence-corrected chi connectivity index (χ3v) is 4.06. The van der Waals surface area contributed by atoms with Gasteiger partial charge in [-0.15, -0.1) is 0 Å². The number of hydrogen-bond acceptors (Lipinski definition) is 3. The normalized spacial score (nSPS) is 10.9. The largest absolute Gasteiger partial charge is 0.490 e. The Labute approximate surface area is 133 Å². The fourth-order valence-corrected chi connectivity index (χ4v) is 2.54. The van der Waals surface area contributed by atoms with Gasteiger partial charge in [0.15, 0.2) is 5.76 Å². The highest BCUT2D eigenvalue weighted by Crippen LogP contribution is 2.32. The monoisotopic (exact) mass is 314 g/mol. The van der Waals surface area contributed by atoms with Crippen molar-refractivity contribution >= 4 is 22.6 Å². The number of aryl methyl sites for hydroxylation is 2. The summed E-state index contributed by atoms with van der Waals surface area (Å²) < 4.78 is 11.2. The van der Waals surface area contributed by atoms with Gasteiger partial charge in [0, 0.05) is 10.6 Å². The SMILES string of the molecule is COc1c(-c2ccc(C)cc2)oc2cc(C)c(Cl)cc2c1=O. The van der Waals surface area contributed by atoms with E-state index in [9.17, 15) is 4.79 Å². The predicted octanol–water partition coefficient (Wildman–Crippen LogP) is 4.74. The molecule has 0 aliphatic heterocycles. The van der Waals surface area contributed by atoms with Crippen LogP contribution in [0.1, 0.15) is 11.1 Å². The number of ether oxygens (including phenoxy) is 1. The molecule has 0 fully saturated rings. The van der Waals surface area contributed by atoms with Gasteiger partial charge in [0.05, 0.1) is 12.5 Å². The van der Waals surface area contributed by atoms with Crippen molar-refractivity contribution < 1.29 is 9.15 Å². The molecule has 0 spiro atoms. The zero-order valence-electron chi connectivity index (χ0n) is 12.6. The third-order valence-electron chi connectivity index (χ3n) is 3.65. The van der Waals surface area contributed by atoms with Crippen LogP contribution in [0.5, 0.6) is 5.75 Å². The molecule has 0 saturated carbocycles. The van der Waals surface area contributed by atoms with Crippen molar-refractivity contribution in [3.8, 4) is 17.1 Å². The summed E-state index contributed by atoms with van der Waals surface area (Å²) in [6, 6.07) is 11.1. The fourth-order valence-electron chi connectivity index (χ4n) is 2.38. The van der Waals surface area contributed by atoms with Crippen molar-refractivity contribution in [1.82, 2.24) is 0 Å². The van der Waals surface area contributed by atoms with E-state index in [1.54, 1.807) is 12.1 Å². The van der Waals surface area contributed by atoms with Crippen molar-refractivity contribution in [2.45, 2.75) is 13.8 Å². The number of methoxy groups -OCH3 is 1. The average molecular weight is 315 g/mol. The maximum absolute atomic E-state index is 12.6. The van der Waals surface area contributed by atoms with E-state index < -0.39 is 0 Å². The summed E-state index contributed by atoms with van der Waals surface area (Å²) in [6.07, 6.45) is 0. The smallest absolute Gasteiger partial charge is 0.235 e.